The highest BCUT2D eigenvalue weighted by Gasteiger charge is 2.39. The molecule has 0 saturated carbocycles. The van der Waals surface area contributed by atoms with E-state index in [4.69, 9.17) is 9.84 Å². The van der Waals surface area contributed by atoms with Gasteiger partial charge in [0.1, 0.15) is 12.4 Å². The van der Waals surface area contributed by atoms with E-state index in [1.54, 1.807) is 24.3 Å². The minimum Gasteiger partial charge on any atom is -0.489 e. The van der Waals surface area contributed by atoms with Crippen molar-refractivity contribution < 1.29 is 50.6 Å². The molecule has 0 spiro atoms. The van der Waals surface area contributed by atoms with Crippen molar-refractivity contribution in [2.75, 3.05) is 0 Å². The highest BCUT2D eigenvalue weighted by molar-refractivity contribution is 8.18. The number of hydrogen-bond donors (Lipinski definition) is 1. The van der Waals surface area contributed by atoms with Gasteiger partial charge in [0, 0.05) is 23.1 Å². The quantitative estimate of drug-likeness (QED) is 0.121. The van der Waals surface area contributed by atoms with Gasteiger partial charge in [-0.05, 0) is 83.1 Å². The molecule has 0 radical (unpaired) electrons. The maximum Gasteiger partial charge on any atom is 0.416 e. The highest BCUT2D eigenvalue weighted by Crippen LogP contribution is 2.39. The van der Waals surface area contributed by atoms with Crippen LogP contribution in [0.15, 0.2) is 102 Å². The topological polar surface area (TPSA) is 88.8 Å². The van der Waals surface area contributed by atoms with E-state index in [9.17, 15) is 40.7 Å². The average molecular weight is 711 g/mol. The lowest BCUT2D eigenvalue weighted by molar-refractivity contribution is -0.143. The van der Waals surface area contributed by atoms with Crippen molar-refractivity contribution in [3.8, 4) is 5.75 Å². The molecular formula is C36H24F6N2O5S. The molecule has 0 aliphatic carbocycles. The Kier molecular flexibility index (Phi) is 9.23. The standard InChI is InChI=1S/C36H24F6N2O5S/c37-35(38,39)26-11-10-24(29(16-26)36(40,41)42)19-43-27(14-25-15-28(12-13-30(25)43)49-20-22-4-2-1-3-5-22)17-31-32(45)44(34(48)50-31)18-21-6-8-23(9-7-21)33(46)47/h1-17H,18-20H2,(H,46,47). The van der Waals surface area contributed by atoms with Gasteiger partial charge in [0.05, 0.1) is 28.1 Å². The van der Waals surface area contributed by atoms with Crippen molar-refractivity contribution in [3.63, 3.8) is 0 Å². The van der Waals surface area contributed by atoms with Gasteiger partial charge in [-0.2, -0.15) is 26.3 Å². The molecule has 2 heterocycles. The summed E-state index contributed by atoms with van der Waals surface area (Å²) in [7, 11) is 0. The summed E-state index contributed by atoms with van der Waals surface area (Å²) < 4.78 is 89.8. The number of carboxylic acid groups (broad SMARTS) is 1. The van der Waals surface area contributed by atoms with Gasteiger partial charge in [-0.15, -0.1) is 0 Å². The number of ether oxygens (including phenoxy) is 1. The number of amides is 2. The first-order valence-corrected chi connectivity index (χ1v) is 15.6. The fraction of sp³-hybridized carbons (Fsp3) is 0.139. The van der Waals surface area contributed by atoms with Crippen LogP contribution in [0.3, 0.4) is 0 Å². The predicted molar refractivity (Wildman–Crippen MR) is 173 cm³/mol. The van der Waals surface area contributed by atoms with Crippen LogP contribution in [-0.4, -0.2) is 31.7 Å². The summed E-state index contributed by atoms with van der Waals surface area (Å²) in [5, 5.41) is 9.02. The Morgan fingerprint density at radius 3 is 2.18 bits per heavy atom. The fourth-order valence-corrected chi connectivity index (χ4v) is 6.25. The lowest BCUT2D eigenvalue weighted by atomic mass is 10.0. The first kappa shape index (κ1) is 34.4. The van der Waals surface area contributed by atoms with Gasteiger partial charge in [0.25, 0.3) is 11.1 Å². The minimum atomic E-state index is -5.11. The monoisotopic (exact) mass is 710 g/mol. The van der Waals surface area contributed by atoms with E-state index in [0.29, 0.717) is 40.0 Å². The maximum atomic E-state index is 14.1. The molecule has 0 atom stereocenters. The lowest BCUT2D eigenvalue weighted by Gasteiger charge is -2.18. The van der Waals surface area contributed by atoms with Gasteiger partial charge in [-0.3, -0.25) is 14.5 Å². The molecular weight excluding hydrogens is 686 g/mol. The number of benzene rings is 4. The molecule has 0 bridgehead atoms. The van der Waals surface area contributed by atoms with E-state index in [1.807, 2.05) is 30.3 Å². The zero-order valence-electron chi connectivity index (χ0n) is 25.6. The summed E-state index contributed by atoms with van der Waals surface area (Å²) in [5.41, 5.74) is -1.35. The average Bonchev–Trinajstić information content (AvgIpc) is 3.54. The number of rotatable bonds is 9. The molecule has 1 saturated heterocycles. The molecule has 1 fully saturated rings. The van der Waals surface area contributed by atoms with Gasteiger partial charge < -0.3 is 14.4 Å². The summed E-state index contributed by atoms with van der Waals surface area (Å²) in [6.45, 7) is -0.452. The third-order valence-corrected chi connectivity index (χ3v) is 8.83. The molecule has 50 heavy (non-hydrogen) atoms. The Bertz CT molecular complexity index is 2140. The molecule has 6 rings (SSSR count). The third-order valence-electron chi connectivity index (χ3n) is 7.92. The maximum absolute atomic E-state index is 14.1. The van der Waals surface area contributed by atoms with Crippen LogP contribution >= 0.6 is 11.8 Å². The molecule has 4 aromatic carbocycles. The Balaban J connectivity index is 1.38. The number of aromatic nitrogens is 1. The number of halogens is 6. The van der Waals surface area contributed by atoms with Crippen LogP contribution in [0.25, 0.3) is 17.0 Å². The number of hydrogen-bond acceptors (Lipinski definition) is 5. The second-order valence-corrected chi connectivity index (χ2v) is 12.3. The number of fused-ring (bicyclic) bond motifs is 1. The molecule has 1 aliphatic heterocycles. The molecule has 1 aromatic heterocycles. The van der Waals surface area contributed by atoms with Gasteiger partial charge in [-0.1, -0.05) is 48.5 Å². The number of imide groups is 1. The van der Waals surface area contributed by atoms with Crippen LogP contribution in [-0.2, 0) is 36.8 Å². The second kappa shape index (κ2) is 13.4. The predicted octanol–water partition coefficient (Wildman–Crippen LogP) is 9.24. The molecule has 14 heteroatoms. The van der Waals surface area contributed by atoms with E-state index in [1.165, 1.54) is 34.9 Å². The third kappa shape index (κ3) is 7.39. The largest absolute Gasteiger partial charge is 0.489 e. The Hall–Kier alpha value is -5.50. The first-order valence-electron chi connectivity index (χ1n) is 14.8. The van der Waals surface area contributed by atoms with Crippen LogP contribution in [0.5, 0.6) is 5.75 Å². The van der Waals surface area contributed by atoms with Crippen LogP contribution in [0, 0.1) is 0 Å². The van der Waals surface area contributed by atoms with Crippen LogP contribution in [0.4, 0.5) is 31.1 Å². The molecule has 256 valence electrons. The van der Waals surface area contributed by atoms with Crippen molar-refractivity contribution in [1.29, 1.82) is 0 Å². The molecule has 2 amide bonds. The Labute approximate surface area is 284 Å². The van der Waals surface area contributed by atoms with E-state index in [-0.39, 0.29) is 35.4 Å². The van der Waals surface area contributed by atoms with Crippen molar-refractivity contribution in [2.45, 2.75) is 32.0 Å². The summed E-state index contributed by atoms with van der Waals surface area (Å²) in [4.78, 5) is 38.4. The van der Waals surface area contributed by atoms with Gasteiger partial charge in [0.2, 0.25) is 0 Å². The van der Waals surface area contributed by atoms with Crippen LogP contribution < -0.4 is 4.74 Å². The number of nitrogens with zero attached hydrogens (tertiary/aromatic N) is 2. The van der Waals surface area contributed by atoms with Crippen molar-refractivity contribution >= 4 is 45.9 Å². The second-order valence-electron chi connectivity index (χ2n) is 11.3. The fourth-order valence-electron chi connectivity index (χ4n) is 5.43. The Morgan fingerprint density at radius 2 is 1.52 bits per heavy atom. The van der Waals surface area contributed by atoms with Gasteiger partial charge in [0.15, 0.2) is 0 Å². The lowest BCUT2D eigenvalue weighted by Crippen LogP contribution is -2.27. The van der Waals surface area contributed by atoms with E-state index < -0.39 is 52.7 Å². The van der Waals surface area contributed by atoms with Crippen molar-refractivity contribution in [3.05, 3.63) is 141 Å². The number of aromatic carboxylic acids is 1. The zero-order chi connectivity index (χ0) is 35.8. The number of carbonyl (C=O) groups excluding carboxylic acids is 2. The molecule has 1 N–H and O–H groups in total. The van der Waals surface area contributed by atoms with Crippen LogP contribution in [0.1, 0.15) is 43.9 Å². The number of carbonyl (C=O) groups is 3. The minimum absolute atomic E-state index is 0.0194. The zero-order valence-corrected chi connectivity index (χ0v) is 26.4. The van der Waals surface area contributed by atoms with E-state index in [2.05, 4.69) is 0 Å². The van der Waals surface area contributed by atoms with Crippen molar-refractivity contribution in [2.24, 2.45) is 0 Å². The first-order chi connectivity index (χ1) is 23.7. The smallest absolute Gasteiger partial charge is 0.416 e. The van der Waals surface area contributed by atoms with E-state index >= 15 is 0 Å². The Morgan fingerprint density at radius 1 is 0.800 bits per heavy atom. The van der Waals surface area contributed by atoms with Crippen LogP contribution in [0.2, 0.25) is 0 Å². The number of alkyl halides is 6. The molecule has 7 nitrogen and oxygen atoms in total. The highest BCUT2D eigenvalue weighted by atomic mass is 32.2. The van der Waals surface area contributed by atoms with Gasteiger partial charge >= 0.3 is 18.3 Å². The molecule has 1 aliphatic rings. The number of carboxylic acids is 1. The molecule has 5 aromatic rings. The summed E-state index contributed by atoms with van der Waals surface area (Å²) >= 11 is 0.611. The SMILES string of the molecule is O=C(O)c1ccc(CN2C(=O)SC(=Cc3cc4cc(OCc5ccccc5)ccc4n3Cc3ccc(C(F)(F)F)cc3C(F)(F)F)C2=O)cc1. The van der Waals surface area contributed by atoms with Gasteiger partial charge in [-0.25, -0.2) is 4.79 Å². The van der Waals surface area contributed by atoms with Crippen molar-refractivity contribution in [1.82, 2.24) is 9.47 Å². The summed E-state index contributed by atoms with van der Waals surface area (Å²) in [6.07, 6.45) is -8.76. The number of thioether (sulfide) groups is 1. The summed E-state index contributed by atoms with van der Waals surface area (Å²) in [6, 6.07) is 22.8. The van der Waals surface area contributed by atoms with E-state index in [0.717, 1.165) is 16.5 Å². The summed E-state index contributed by atoms with van der Waals surface area (Å²) in [5.74, 6) is -1.39. The normalized spacial score (nSPS) is 14.6. The molecule has 0 unspecified atom stereocenters.